The van der Waals surface area contributed by atoms with Gasteiger partial charge in [-0.05, 0) is 30.2 Å². The van der Waals surface area contributed by atoms with Crippen LogP contribution in [0.2, 0.25) is 0 Å². The van der Waals surface area contributed by atoms with Gasteiger partial charge >= 0.3 is 0 Å². The number of rotatable bonds is 6. The van der Waals surface area contributed by atoms with Crippen molar-refractivity contribution in [2.24, 2.45) is 5.92 Å². The molecule has 26 heavy (non-hydrogen) atoms. The van der Waals surface area contributed by atoms with Crippen molar-refractivity contribution in [2.45, 2.75) is 13.8 Å². The van der Waals surface area contributed by atoms with Crippen LogP contribution in [0.25, 0.3) is 0 Å². The first-order valence-electron chi connectivity index (χ1n) is 8.94. The molecule has 0 unspecified atom stereocenters. The van der Waals surface area contributed by atoms with E-state index in [9.17, 15) is 4.79 Å². The Morgan fingerprint density at radius 3 is 2.62 bits per heavy atom. The highest BCUT2D eigenvalue weighted by Crippen LogP contribution is 2.26. The van der Waals surface area contributed by atoms with E-state index in [0.29, 0.717) is 24.9 Å². The molecular formula is C19H25N5O2. The zero-order valence-electron chi connectivity index (χ0n) is 15.2. The third kappa shape index (κ3) is 4.70. The topological polar surface area (TPSA) is 79.4 Å². The second kappa shape index (κ2) is 8.62. The summed E-state index contributed by atoms with van der Waals surface area (Å²) < 4.78 is 5.40. The van der Waals surface area contributed by atoms with Crippen LogP contribution in [0.4, 0.5) is 17.2 Å². The van der Waals surface area contributed by atoms with Crippen LogP contribution in [-0.4, -0.2) is 49.0 Å². The van der Waals surface area contributed by atoms with Gasteiger partial charge in [0.1, 0.15) is 5.82 Å². The summed E-state index contributed by atoms with van der Waals surface area (Å²) >= 11 is 0. The van der Waals surface area contributed by atoms with Crippen LogP contribution in [-0.2, 0) is 4.74 Å². The Morgan fingerprint density at radius 1 is 1.15 bits per heavy atom. The molecule has 1 saturated heterocycles. The Bertz CT molecular complexity index is 727. The number of anilines is 3. The minimum Gasteiger partial charge on any atom is -0.378 e. The average molecular weight is 355 g/mol. The Kier molecular flexibility index (Phi) is 6.01. The highest BCUT2D eigenvalue weighted by molar-refractivity contribution is 6.04. The van der Waals surface area contributed by atoms with Gasteiger partial charge in [-0.3, -0.25) is 4.79 Å². The van der Waals surface area contributed by atoms with Crippen molar-refractivity contribution >= 4 is 23.1 Å². The van der Waals surface area contributed by atoms with Crippen LogP contribution in [0, 0.1) is 5.92 Å². The summed E-state index contributed by atoms with van der Waals surface area (Å²) in [5.74, 6) is 0.911. The van der Waals surface area contributed by atoms with Gasteiger partial charge in [0.05, 0.1) is 24.6 Å². The van der Waals surface area contributed by atoms with Gasteiger partial charge in [0.25, 0.3) is 5.91 Å². The van der Waals surface area contributed by atoms with E-state index >= 15 is 0 Å². The van der Waals surface area contributed by atoms with E-state index in [0.717, 1.165) is 31.0 Å². The molecule has 0 spiro atoms. The molecule has 7 nitrogen and oxygen atoms in total. The SMILES string of the molecule is CC(C)CNc1ccc(C(=O)Nc2ccccc2N2CCOCC2)nn1. The van der Waals surface area contributed by atoms with Crippen LogP contribution in [0.3, 0.4) is 0 Å². The molecule has 0 saturated carbocycles. The molecule has 2 aromatic rings. The summed E-state index contributed by atoms with van der Waals surface area (Å²) in [5, 5.41) is 14.3. The smallest absolute Gasteiger partial charge is 0.276 e. The number of carbonyl (C=O) groups is 1. The predicted molar refractivity (Wildman–Crippen MR) is 103 cm³/mol. The highest BCUT2D eigenvalue weighted by atomic mass is 16.5. The van der Waals surface area contributed by atoms with Gasteiger partial charge in [-0.1, -0.05) is 26.0 Å². The van der Waals surface area contributed by atoms with Gasteiger partial charge in [-0.2, -0.15) is 0 Å². The molecule has 2 N–H and O–H groups in total. The number of benzene rings is 1. The van der Waals surface area contributed by atoms with Crippen LogP contribution in [0.1, 0.15) is 24.3 Å². The van der Waals surface area contributed by atoms with Gasteiger partial charge in [-0.15, -0.1) is 10.2 Å². The molecule has 138 valence electrons. The maximum atomic E-state index is 12.5. The molecule has 1 fully saturated rings. The van der Waals surface area contributed by atoms with E-state index in [-0.39, 0.29) is 11.6 Å². The van der Waals surface area contributed by atoms with E-state index in [4.69, 9.17) is 4.74 Å². The molecule has 2 heterocycles. The van der Waals surface area contributed by atoms with Crippen LogP contribution in [0.5, 0.6) is 0 Å². The van der Waals surface area contributed by atoms with Gasteiger partial charge < -0.3 is 20.3 Å². The molecule has 0 atom stereocenters. The minimum atomic E-state index is -0.270. The van der Waals surface area contributed by atoms with E-state index < -0.39 is 0 Å². The van der Waals surface area contributed by atoms with Crippen LogP contribution in [0.15, 0.2) is 36.4 Å². The highest BCUT2D eigenvalue weighted by Gasteiger charge is 2.17. The number of amides is 1. The summed E-state index contributed by atoms with van der Waals surface area (Å²) in [6.45, 7) is 8.05. The summed E-state index contributed by atoms with van der Waals surface area (Å²) in [6, 6.07) is 11.2. The van der Waals surface area contributed by atoms with Crippen molar-refractivity contribution in [3.8, 4) is 0 Å². The van der Waals surface area contributed by atoms with Gasteiger partial charge in [0.2, 0.25) is 0 Å². The number of hydrogen-bond acceptors (Lipinski definition) is 6. The molecule has 1 aliphatic heterocycles. The lowest BCUT2D eigenvalue weighted by Crippen LogP contribution is -2.36. The monoisotopic (exact) mass is 355 g/mol. The number of ether oxygens (including phenoxy) is 1. The maximum Gasteiger partial charge on any atom is 0.276 e. The zero-order chi connectivity index (χ0) is 18.4. The van der Waals surface area contributed by atoms with Crippen molar-refractivity contribution in [1.82, 2.24) is 10.2 Å². The number of para-hydroxylation sites is 2. The third-order valence-corrected chi connectivity index (χ3v) is 4.09. The first kappa shape index (κ1) is 18.1. The molecule has 7 heteroatoms. The van der Waals surface area contributed by atoms with Crippen molar-refractivity contribution < 1.29 is 9.53 Å². The molecule has 3 rings (SSSR count). The molecular weight excluding hydrogens is 330 g/mol. The number of morpholine rings is 1. The number of carbonyl (C=O) groups excluding carboxylic acids is 1. The van der Waals surface area contributed by atoms with Crippen molar-refractivity contribution in [2.75, 3.05) is 48.4 Å². The van der Waals surface area contributed by atoms with Crippen LogP contribution >= 0.6 is 0 Å². The fourth-order valence-electron chi connectivity index (χ4n) is 2.70. The Morgan fingerprint density at radius 2 is 1.92 bits per heavy atom. The summed E-state index contributed by atoms with van der Waals surface area (Å²) in [6.07, 6.45) is 0. The maximum absolute atomic E-state index is 12.5. The molecule has 0 radical (unpaired) electrons. The molecule has 1 aromatic carbocycles. The van der Waals surface area contributed by atoms with E-state index in [1.54, 1.807) is 12.1 Å². The zero-order valence-corrected chi connectivity index (χ0v) is 15.2. The molecule has 0 bridgehead atoms. The summed E-state index contributed by atoms with van der Waals surface area (Å²) in [4.78, 5) is 14.8. The van der Waals surface area contributed by atoms with Crippen molar-refractivity contribution in [3.63, 3.8) is 0 Å². The largest absolute Gasteiger partial charge is 0.378 e. The second-order valence-electron chi connectivity index (χ2n) is 6.65. The van der Waals surface area contributed by atoms with E-state index in [1.807, 2.05) is 24.3 Å². The lowest BCUT2D eigenvalue weighted by atomic mass is 10.2. The molecule has 0 aliphatic carbocycles. The normalized spacial score (nSPS) is 14.3. The first-order valence-corrected chi connectivity index (χ1v) is 8.94. The average Bonchev–Trinajstić information content (AvgIpc) is 2.68. The van der Waals surface area contributed by atoms with Gasteiger partial charge in [-0.25, -0.2) is 0 Å². The summed E-state index contributed by atoms with van der Waals surface area (Å²) in [5.41, 5.74) is 2.05. The first-order chi connectivity index (χ1) is 12.6. The third-order valence-electron chi connectivity index (χ3n) is 4.09. The van der Waals surface area contributed by atoms with Crippen molar-refractivity contribution in [3.05, 3.63) is 42.1 Å². The molecule has 1 aromatic heterocycles. The standard InChI is InChI=1S/C19H25N5O2/c1-14(2)13-20-18-8-7-16(22-23-18)19(25)21-15-5-3-4-6-17(15)24-9-11-26-12-10-24/h3-8,14H,9-13H2,1-2H3,(H,20,23)(H,21,25). The number of hydrogen-bond donors (Lipinski definition) is 2. The Labute approximate surface area is 153 Å². The van der Waals surface area contributed by atoms with E-state index in [1.165, 1.54) is 0 Å². The fraction of sp³-hybridized carbons (Fsp3) is 0.421. The Balaban J connectivity index is 1.68. The Hall–Kier alpha value is -2.67. The molecule has 1 aliphatic rings. The predicted octanol–water partition coefficient (Wildman–Crippen LogP) is 2.63. The lowest BCUT2D eigenvalue weighted by Gasteiger charge is -2.30. The van der Waals surface area contributed by atoms with E-state index in [2.05, 4.69) is 39.6 Å². The lowest BCUT2D eigenvalue weighted by molar-refractivity contribution is 0.102. The quantitative estimate of drug-likeness (QED) is 0.829. The van der Waals surface area contributed by atoms with Crippen LogP contribution < -0.4 is 15.5 Å². The summed E-state index contributed by atoms with van der Waals surface area (Å²) in [7, 11) is 0. The number of aromatic nitrogens is 2. The van der Waals surface area contributed by atoms with Gasteiger partial charge in [0.15, 0.2) is 5.69 Å². The van der Waals surface area contributed by atoms with Crippen molar-refractivity contribution in [1.29, 1.82) is 0 Å². The number of nitrogens with one attached hydrogen (secondary N) is 2. The number of nitrogens with zero attached hydrogens (tertiary/aromatic N) is 3. The fourth-order valence-corrected chi connectivity index (χ4v) is 2.70. The van der Waals surface area contributed by atoms with Gasteiger partial charge in [0, 0.05) is 19.6 Å². The second-order valence-corrected chi connectivity index (χ2v) is 6.65. The minimum absolute atomic E-state index is 0.270. The molecule has 1 amide bonds.